The molecular weight excluding hydrogens is 465 g/mol. The van der Waals surface area contributed by atoms with Crippen LogP contribution < -0.4 is 0 Å². The first-order valence-electron chi connectivity index (χ1n) is 6.89. The molecule has 0 saturated carbocycles. The van der Waals surface area contributed by atoms with Crippen molar-refractivity contribution in [2.45, 2.75) is 0 Å². The van der Waals surface area contributed by atoms with Crippen molar-refractivity contribution in [2.24, 2.45) is 0 Å². The Morgan fingerprint density at radius 2 is 1.70 bits per heavy atom. The van der Waals surface area contributed by atoms with Gasteiger partial charge in [-0.2, -0.15) is 5.26 Å². The first-order valence-corrected chi connectivity index (χ1v) is 8.76. The molecule has 0 radical (unpaired) electrons. The van der Waals surface area contributed by atoms with Crippen molar-refractivity contribution >= 4 is 50.2 Å². The zero-order chi connectivity index (χ0) is 16.2. The predicted molar refractivity (Wildman–Crippen MR) is 104 cm³/mol. The largest absolute Gasteiger partial charge is 0.457 e. The highest BCUT2D eigenvalue weighted by atomic mass is 127. The molecule has 4 heteroatoms. The second-order valence-corrected chi connectivity index (χ2v) is 7.05. The van der Waals surface area contributed by atoms with Crippen LogP contribution in [0.4, 0.5) is 0 Å². The van der Waals surface area contributed by atoms with Crippen molar-refractivity contribution in [1.82, 2.24) is 0 Å². The summed E-state index contributed by atoms with van der Waals surface area (Å²) in [7, 11) is 0. The lowest BCUT2D eigenvalue weighted by Gasteiger charge is -1.99. The van der Waals surface area contributed by atoms with Gasteiger partial charge in [0.25, 0.3) is 0 Å². The van der Waals surface area contributed by atoms with E-state index >= 15 is 0 Å². The molecule has 0 spiro atoms. The average Bonchev–Trinajstić information content (AvgIpc) is 3.03. The normalized spacial score (nSPS) is 11.3. The van der Waals surface area contributed by atoms with Gasteiger partial charge in [0.15, 0.2) is 0 Å². The Kier molecular flexibility index (Phi) is 4.99. The van der Waals surface area contributed by atoms with E-state index in [1.165, 1.54) is 0 Å². The maximum Gasteiger partial charge on any atom is 0.134 e. The Morgan fingerprint density at radius 1 is 1.00 bits per heavy atom. The highest BCUT2D eigenvalue weighted by Gasteiger charge is 2.06. The smallest absolute Gasteiger partial charge is 0.134 e. The average molecular weight is 476 g/mol. The van der Waals surface area contributed by atoms with Crippen molar-refractivity contribution in [3.8, 4) is 17.4 Å². The van der Waals surface area contributed by atoms with Crippen molar-refractivity contribution < 1.29 is 4.42 Å². The number of furan rings is 1. The number of nitrogens with zero attached hydrogens (tertiary/aromatic N) is 1. The van der Waals surface area contributed by atoms with E-state index in [2.05, 4.69) is 44.6 Å². The zero-order valence-electron chi connectivity index (χ0n) is 12.0. The Balaban J connectivity index is 1.91. The third-order valence-corrected chi connectivity index (χ3v) is 4.57. The molecule has 0 amide bonds. The van der Waals surface area contributed by atoms with Gasteiger partial charge in [-0.15, -0.1) is 0 Å². The lowest BCUT2D eigenvalue weighted by molar-refractivity contribution is 0.572. The molecule has 0 aliphatic carbocycles. The molecule has 3 aromatic rings. The second kappa shape index (κ2) is 7.16. The van der Waals surface area contributed by atoms with Crippen LogP contribution >= 0.6 is 38.5 Å². The first kappa shape index (κ1) is 16.0. The molecule has 2 nitrogen and oxygen atoms in total. The van der Waals surface area contributed by atoms with Gasteiger partial charge in [-0.3, -0.25) is 0 Å². The van der Waals surface area contributed by atoms with Crippen LogP contribution in [0.1, 0.15) is 11.3 Å². The maximum absolute atomic E-state index is 9.40. The van der Waals surface area contributed by atoms with Crippen LogP contribution in [-0.4, -0.2) is 0 Å². The number of halogens is 2. The Bertz CT molecular complexity index is 886. The minimum absolute atomic E-state index is 0.582. The number of hydrogen-bond acceptors (Lipinski definition) is 2. The van der Waals surface area contributed by atoms with Crippen molar-refractivity contribution in [2.75, 3.05) is 0 Å². The maximum atomic E-state index is 9.40. The molecule has 112 valence electrons. The highest BCUT2D eigenvalue weighted by Crippen LogP contribution is 2.26. The van der Waals surface area contributed by atoms with Crippen molar-refractivity contribution in [3.05, 3.63) is 80.0 Å². The topological polar surface area (TPSA) is 36.9 Å². The standard InChI is InChI=1S/C19H11BrINO/c20-16-5-1-14(2-6-16)19-10-9-18(23-19)11-15(12-22)13-3-7-17(21)8-4-13/h1-11H/b15-11-. The molecule has 0 fully saturated rings. The first-order chi connectivity index (χ1) is 11.2. The van der Waals surface area contributed by atoms with Crippen LogP contribution in [0.5, 0.6) is 0 Å². The fraction of sp³-hybridized carbons (Fsp3) is 0. The highest BCUT2D eigenvalue weighted by molar-refractivity contribution is 14.1. The van der Waals surface area contributed by atoms with E-state index in [0.29, 0.717) is 11.3 Å². The van der Waals surface area contributed by atoms with E-state index in [1.54, 1.807) is 6.08 Å². The van der Waals surface area contributed by atoms with Crippen LogP contribution in [0, 0.1) is 14.9 Å². The molecule has 3 rings (SSSR count). The summed E-state index contributed by atoms with van der Waals surface area (Å²) in [6.07, 6.45) is 1.77. The third kappa shape index (κ3) is 3.92. The van der Waals surface area contributed by atoms with E-state index in [1.807, 2.05) is 60.7 Å². The Morgan fingerprint density at radius 3 is 2.35 bits per heavy atom. The quantitative estimate of drug-likeness (QED) is 0.325. The predicted octanol–water partition coefficient (Wildman–Crippen LogP) is 6.38. The Hall–Kier alpha value is -1.84. The summed E-state index contributed by atoms with van der Waals surface area (Å²) < 4.78 is 8.01. The summed E-state index contributed by atoms with van der Waals surface area (Å²) in [5, 5.41) is 9.40. The molecule has 1 heterocycles. The summed E-state index contributed by atoms with van der Waals surface area (Å²) in [5.41, 5.74) is 2.47. The molecule has 2 aromatic carbocycles. The summed E-state index contributed by atoms with van der Waals surface area (Å²) in [5.74, 6) is 1.45. The number of nitriles is 1. The summed E-state index contributed by atoms with van der Waals surface area (Å²) in [4.78, 5) is 0. The number of hydrogen-bond donors (Lipinski definition) is 0. The summed E-state index contributed by atoms with van der Waals surface area (Å²) in [6.45, 7) is 0. The fourth-order valence-corrected chi connectivity index (χ4v) is 2.78. The van der Waals surface area contributed by atoms with Crippen molar-refractivity contribution in [1.29, 1.82) is 5.26 Å². The number of allylic oxidation sites excluding steroid dienone is 1. The molecule has 0 aliphatic rings. The van der Waals surface area contributed by atoms with Gasteiger partial charge in [0.1, 0.15) is 11.5 Å². The lowest BCUT2D eigenvalue weighted by Crippen LogP contribution is -1.81. The van der Waals surface area contributed by atoms with Gasteiger partial charge < -0.3 is 4.42 Å². The van der Waals surface area contributed by atoms with Crippen LogP contribution in [0.2, 0.25) is 0 Å². The van der Waals surface area contributed by atoms with E-state index in [-0.39, 0.29) is 0 Å². The zero-order valence-corrected chi connectivity index (χ0v) is 15.7. The molecule has 23 heavy (non-hydrogen) atoms. The van der Waals surface area contributed by atoms with Crippen LogP contribution in [0.25, 0.3) is 23.0 Å². The van der Waals surface area contributed by atoms with Crippen molar-refractivity contribution in [3.63, 3.8) is 0 Å². The van der Waals surface area contributed by atoms with E-state index < -0.39 is 0 Å². The van der Waals surface area contributed by atoms with E-state index in [9.17, 15) is 5.26 Å². The summed E-state index contributed by atoms with van der Waals surface area (Å²) in [6, 6.07) is 21.8. The van der Waals surface area contributed by atoms with Gasteiger partial charge in [0.05, 0.1) is 11.6 Å². The second-order valence-electron chi connectivity index (χ2n) is 4.89. The summed E-state index contributed by atoms with van der Waals surface area (Å²) >= 11 is 5.66. The minimum Gasteiger partial charge on any atom is -0.457 e. The van der Waals surface area contributed by atoms with E-state index in [0.717, 1.165) is 24.9 Å². The monoisotopic (exact) mass is 475 g/mol. The molecule has 0 unspecified atom stereocenters. The van der Waals surface area contributed by atoms with Gasteiger partial charge in [-0.25, -0.2) is 0 Å². The van der Waals surface area contributed by atoms with Gasteiger partial charge in [-0.1, -0.05) is 40.2 Å². The van der Waals surface area contributed by atoms with Crippen LogP contribution in [0.15, 0.2) is 69.6 Å². The molecule has 0 aliphatic heterocycles. The molecule has 0 bridgehead atoms. The van der Waals surface area contributed by atoms with Gasteiger partial charge in [0.2, 0.25) is 0 Å². The lowest BCUT2D eigenvalue weighted by atomic mass is 10.1. The van der Waals surface area contributed by atoms with E-state index in [4.69, 9.17) is 4.42 Å². The minimum atomic E-state index is 0.582. The van der Waals surface area contributed by atoms with Gasteiger partial charge in [0, 0.05) is 13.6 Å². The molecule has 1 aromatic heterocycles. The number of benzene rings is 2. The molecule has 0 N–H and O–H groups in total. The van der Waals surface area contributed by atoms with Gasteiger partial charge >= 0.3 is 0 Å². The molecule has 0 atom stereocenters. The molecular formula is C19H11BrINO. The Labute approximate surface area is 156 Å². The van der Waals surface area contributed by atoms with Gasteiger partial charge in [-0.05, 0) is 70.6 Å². The fourth-order valence-electron chi connectivity index (χ4n) is 2.15. The molecule has 0 saturated heterocycles. The van der Waals surface area contributed by atoms with Crippen LogP contribution in [-0.2, 0) is 0 Å². The third-order valence-electron chi connectivity index (χ3n) is 3.32. The number of rotatable bonds is 3. The SMILES string of the molecule is N#C/C(=C/c1ccc(-c2ccc(Br)cc2)o1)c1ccc(I)cc1. The van der Waals surface area contributed by atoms with Crippen LogP contribution in [0.3, 0.4) is 0 Å².